The first-order chi connectivity index (χ1) is 9.72. The van der Waals surface area contributed by atoms with Gasteiger partial charge < -0.3 is 10.2 Å². The molecule has 0 aliphatic carbocycles. The van der Waals surface area contributed by atoms with Gasteiger partial charge in [0.2, 0.25) is 0 Å². The van der Waals surface area contributed by atoms with Gasteiger partial charge in [-0.05, 0) is 43.7 Å². The number of amides is 1. The van der Waals surface area contributed by atoms with Crippen molar-refractivity contribution >= 4 is 11.6 Å². The number of anilines is 1. The molecule has 20 heavy (non-hydrogen) atoms. The fourth-order valence-electron chi connectivity index (χ4n) is 2.74. The maximum absolute atomic E-state index is 12.3. The third-order valence-corrected chi connectivity index (χ3v) is 4.07. The highest BCUT2D eigenvalue weighted by Crippen LogP contribution is 2.22. The maximum atomic E-state index is 12.3. The van der Waals surface area contributed by atoms with Crippen LogP contribution in [0.15, 0.2) is 18.2 Å². The van der Waals surface area contributed by atoms with Gasteiger partial charge in [-0.3, -0.25) is 10.2 Å². The van der Waals surface area contributed by atoms with Gasteiger partial charge in [-0.15, -0.1) is 0 Å². The van der Waals surface area contributed by atoms with Crippen LogP contribution in [-0.4, -0.2) is 55.6 Å². The van der Waals surface area contributed by atoms with Gasteiger partial charge in [0.15, 0.2) is 0 Å². The Balaban J connectivity index is 1.65. The number of benzene rings is 1. The molecule has 1 saturated heterocycles. The van der Waals surface area contributed by atoms with Gasteiger partial charge in [0, 0.05) is 44.0 Å². The first-order valence-corrected chi connectivity index (χ1v) is 7.33. The first kappa shape index (κ1) is 13.4. The number of nitrogens with zero attached hydrogens (tertiary/aromatic N) is 2. The van der Waals surface area contributed by atoms with E-state index < -0.39 is 0 Å². The number of fused-ring (bicyclic) bond motifs is 1. The van der Waals surface area contributed by atoms with Crippen molar-refractivity contribution in [1.82, 2.24) is 15.3 Å². The number of carbonyl (C=O) groups is 1. The Labute approximate surface area is 119 Å². The second-order valence-electron chi connectivity index (χ2n) is 5.63. The van der Waals surface area contributed by atoms with Crippen LogP contribution in [0, 0.1) is 0 Å². The van der Waals surface area contributed by atoms with E-state index in [2.05, 4.69) is 22.7 Å². The van der Waals surface area contributed by atoms with Gasteiger partial charge in [-0.2, -0.15) is 0 Å². The van der Waals surface area contributed by atoms with Crippen molar-refractivity contribution < 1.29 is 4.79 Å². The summed E-state index contributed by atoms with van der Waals surface area (Å²) in [5.41, 5.74) is 6.19. The quantitative estimate of drug-likeness (QED) is 0.842. The van der Waals surface area contributed by atoms with Crippen LogP contribution in [0.4, 0.5) is 5.69 Å². The molecule has 0 aromatic heterocycles. The molecular weight excluding hydrogens is 252 g/mol. The third-order valence-electron chi connectivity index (χ3n) is 4.07. The Kier molecular flexibility index (Phi) is 3.89. The highest BCUT2D eigenvalue weighted by atomic mass is 16.2. The molecule has 5 heteroatoms. The van der Waals surface area contributed by atoms with Crippen LogP contribution in [0.3, 0.4) is 0 Å². The first-order valence-electron chi connectivity index (χ1n) is 7.33. The Morgan fingerprint density at radius 3 is 2.85 bits per heavy atom. The fraction of sp³-hybridized carbons (Fsp3) is 0.533. The maximum Gasteiger partial charge on any atom is 0.265 e. The molecule has 2 heterocycles. The molecule has 0 bridgehead atoms. The molecule has 5 nitrogen and oxygen atoms in total. The predicted molar refractivity (Wildman–Crippen MR) is 79.8 cm³/mol. The largest absolute Gasteiger partial charge is 0.385 e. The topological polar surface area (TPSA) is 47.6 Å². The van der Waals surface area contributed by atoms with Gasteiger partial charge in [-0.1, -0.05) is 0 Å². The molecule has 0 saturated carbocycles. The molecule has 2 aliphatic heterocycles. The van der Waals surface area contributed by atoms with Crippen LogP contribution in [0.1, 0.15) is 22.3 Å². The predicted octanol–water partition coefficient (Wildman–Crippen LogP) is 0.937. The molecule has 0 atom stereocenters. The molecule has 108 valence electrons. The zero-order valence-corrected chi connectivity index (χ0v) is 12.0. The Hall–Kier alpha value is -1.59. The number of carbonyl (C=O) groups excluding carboxylic acids is 1. The molecular formula is C15H22N4O. The SMILES string of the molecule is CN1CCN(NC(=O)c2ccc3c(c2)CCCN3)CC1. The molecule has 0 spiro atoms. The van der Waals surface area contributed by atoms with E-state index in [0.717, 1.165) is 51.1 Å². The Bertz CT molecular complexity index is 495. The molecule has 1 aromatic rings. The summed E-state index contributed by atoms with van der Waals surface area (Å²) in [5, 5.41) is 5.38. The standard InChI is InChI=1S/C15H22N4O/c1-18-7-9-19(10-8-18)17-15(20)13-4-5-14-12(11-13)3-2-6-16-14/h4-5,11,16H,2-3,6-10H2,1H3,(H,17,20). The van der Waals surface area contributed by atoms with Gasteiger partial charge in [-0.25, -0.2) is 5.01 Å². The summed E-state index contributed by atoms with van der Waals surface area (Å²) in [6, 6.07) is 5.95. The van der Waals surface area contributed by atoms with Crippen LogP contribution in [0.5, 0.6) is 0 Å². The molecule has 2 N–H and O–H groups in total. The number of hydrogen-bond acceptors (Lipinski definition) is 4. The summed E-state index contributed by atoms with van der Waals surface area (Å²) in [4.78, 5) is 14.6. The van der Waals surface area contributed by atoms with Gasteiger partial charge in [0.1, 0.15) is 0 Å². The van der Waals surface area contributed by atoms with E-state index in [1.54, 1.807) is 0 Å². The number of aryl methyl sites for hydroxylation is 1. The lowest BCUT2D eigenvalue weighted by Crippen LogP contribution is -2.52. The van der Waals surface area contributed by atoms with E-state index in [9.17, 15) is 4.79 Å². The van der Waals surface area contributed by atoms with Crippen molar-refractivity contribution in [1.29, 1.82) is 0 Å². The minimum Gasteiger partial charge on any atom is -0.385 e. The number of likely N-dealkylation sites (N-methyl/N-ethyl adjacent to an activating group) is 1. The highest BCUT2D eigenvalue weighted by Gasteiger charge is 2.17. The lowest BCUT2D eigenvalue weighted by molar-refractivity contribution is 0.0662. The Morgan fingerprint density at radius 2 is 2.05 bits per heavy atom. The second-order valence-corrected chi connectivity index (χ2v) is 5.63. The van der Waals surface area contributed by atoms with E-state index >= 15 is 0 Å². The summed E-state index contributed by atoms with van der Waals surface area (Å²) in [5.74, 6) is 0.00271. The van der Waals surface area contributed by atoms with Crippen LogP contribution >= 0.6 is 0 Å². The molecule has 3 rings (SSSR count). The van der Waals surface area contributed by atoms with E-state index in [1.165, 1.54) is 11.3 Å². The highest BCUT2D eigenvalue weighted by molar-refractivity contribution is 5.94. The number of rotatable bonds is 2. The van der Waals surface area contributed by atoms with Crippen molar-refractivity contribution in [3.05, 3.63) is 29.3 Å². The molecule has 1 amide bonds. The zero-order chi connectivity index (χ0) is 13.9. The Morgan fingerprint density at radius 1 is 1.25 bits per heavy atom. The van der Waals surface area contributed by atoms with Gasteiger partial charge in [0.05, 0.1) is 0 Å². The van der Waals surface area contributed by atoms with Crippen LogP contribution in [0.25, 0.3) is 0 Å². The molecule has 2 aliphatic rings. The molecule has 1 aromatic carbocycles. The normalized spacial score (nSPS) is 20.1. The van der Waals surface area contributed by atoms with E-state index in [1.807, 2.05) is 23.2 Å². The van der Waals surface area contributed by atoms with Crippen molar-refractivity contribution in [3.8, 4) is 0 Å². The summed E-state index contributed by atoms with van der Waals surface area (Å²) in [6.45, 7) is 4.78. The lowest BCUT2D eigenvalue weighted by atomic mass is 10.0. The fourth-order valence-corrected chi connectivity index (χ4v) is 2.74. The van der Waals surface area contributed by atoms with Crippen LogP contribution in [-0.2, 0) is 6.42 Å². The van der Waals surface area contributed by atoms with E-state index in [4.69, 9.17) is 0 Å². The summed E-state index contributed by atoms with van der Waals surface area (Å²) in [7, 11) is 2.11. The smallest absolute Gasteiger partial charge is 0.265 e. The van der Waals surface area contributed by atoms with Crippen molar-refractivity contribution in [2.45, 2.75) is 12.8 Å². The summed E-state index contributed by atoms with van der Waals surface area (Å²) >= 11 is 0. The van der Waals surface area contributed by atoms with Crippen molar-refractivity contribution in [3.63, 3.8) is 0 Å². The van der Waals surface area contributed by atoms with Crippen molar-refractivity contribution in [2.24, 2.45) is 0 Å². The monoisotopic (exact) mass is 274 g/mol. The molecule has 0 radical (unpaired) electrons. The minimum absolute atomic E-state index is 0.00271. The number of hydrazine groups is 1. The average Bonchev–Trinajstić information content (AvgIpc) is 2.49. The molecule has 1 fully saturated rings. The molecule has 0 unspecified atom stereocenters. The van der Waals surface area contributed by atoms with Crippen molar-refractivity contribution in [2.75, 3.05) is 45.1 Å². The van der Waals surface area contributed by atoms with Gasteiger partial charge >= 0.3 is 0 Å². The number of nitrogens with one attached hydrogen (secondary N) is 2. The zero-order valence-electron chi connectivity index (χ0n) is 12.0. The van der Waals surface area contributed by atoms with Gasteiger partial charge in [0.25, 0.3) is 5.91 Å². The minimum atomic E-state index is 0.00271. The van der Waals surface area contributed by atoms with Crippen LogP contribution < -0.4 is 10.7 Å². The summed E-state index contributed by atoms with van der Waals surface area (Å²) < 4.78 is 0. The third kappa shape index (κ3) is 2.94. The average molecular weight is 274 g/mol. The van der Waals surface area contributed by atoms with Crippen LogP contribution in [0.2, 0.25) is 0 Å². The number of piperazine rings is 1. The summed E-state index contributed by atoms with van der Waals surface area (Å²) in [6.07, 6.45) is 2.19. The van der Waals surface area contributed by atoms with E-state index in [0.29, 0.717) is 0 Å². The lowest BCUT2D eigenvalue weighted by Gasteiger charge is -2.32. The van der Waals surface area contributed by atoms with E-state index in [-0.39, 0.29) is 5.91 Å². The number of hydrogen-bond donors (Lipinski definition) is 2. The second kappa shape index (κ2) is 5.81.